The summed E-state index contributed by atoms with van der Waals surface area (Å²) >= 11 is 0. The van der Waals surface area contributed by atoms with Gasteiger partial charge in [-0.25, -0.2) is 4.98 Å². The number of aliphatic hydroxyl groups is 1. The normalized spacial score (nSPS) is 14.9. The molecule has 0 spiro atoms. The van der Waals surface area contributed by atoms with E-state index in [-0.39, 0.29) is 19.0 Å². The standard InChI is InChI=1S/C27H29N3O5/c1-5-27(2,32)20-11-22-25-18(13-30(22)26(31)19(20)14-33-4)16(8-6-7-9-28-3)17-10-23-24(35-15-34-23)12-21(17)29-25/h10-12,28,32H,5,7,9,13-15H2,1-4H3/t27-/m0/s1. The molecule has 8 heteroatoms. The van der Waals surface area contributed by atoms with Crippen LogP contribution in [-0.2, 0) is 23.5 Å². The minimum Gasteiger partial charge on any atom is -0.454 e. The van der Waals surface area contributed by atoms with Gasteiger partial charge in [0.05, 0.1) is 35.7 Å². The third-order valence-electron chi connectivity index (χ3n) is 6.81. The van der Waals surface area contributed by atoms with Gasteiger partial charge in [-0.15, -0.1) is 0 Å². The highest BCUT2D eigenvalue weighted by atomic mass is 16.7. The van der Waals surface area contributed by atoms with Crippen LogP contribution >= 0.6 is 0 Å². The lowest BCUT2D eigenvalue weighted by Crippen LogP contribution is -2.31. The molecular weight excluding hydrogens is 446 g/mol. The molecule has 0 aliphatic carbocycles. The van der Waals surface area contributed by atoms with Crippen LogP contribution < -0.4 is 20.3 Å². The Balaban J connectivity index is 1.78. The molecule has 182 valence electrons. The van der Waals surface area contributed by atoms with Gasteiger partial charge in [-0.1, -0.05) is 18.8 Å². The van der Waals surface area contributed by atoms with Gasteiger partial charge < -0.3 is 29.2 Å². The van der Waals surface area contributed by atoms with Crippen molar-refractivity contribution in [3.8, 4) is 34.7 Å². The van der Waals surface area contributed by atoms with Crippen LogP contribution in [0, 0.1) is 11.8 Å². The number of hydrogen-bond donors (Lipinski definition) is 2. The van der Waals surface area contributed by atoms with Crippen LogP contribution in [0.25, 0.3) is 22.3 Å². The monoisotopic (exact) mass is 475 g/mol. The summed E-state index contributed by atoms with van der Waals surface area (Å²) in [7, 11) is 3.44. The van der Waals surface area contributed by atoms with Crippen LogP contribution in [0.2, 0.25) is 0 Å². The number of methoxy groups -OCH3 is 1. The van der Waals surface area contributed by atoms with Crippen LogP contribution in [0.1, 0.15) is 48.9 Å². The van der Waals surface area contributed by atoms with E-state index >= 15 is 0 Å². The van der Waals surface area contributed by atoms with Crippen molar-refractivity contribution in [2.24, 2.45) is 0 Å². The third kappa shape index (κ3) is 3.86. The highest BCUT2D eigenvalue weighted by Gasteiger charge is 2.33. The summed E-state index contributed by atoms with van der Waals surface area (Å²) in [6.45, 7) is 5.03. The van der Waals surface area contributed by atoms with Gasteiger partial charge >= 0.3 is 0 Å². The van der Waals surface area contributed by atoms with Crippen molar-refractivity contribution >= 4 is 10.9 Å². The van der Waals surface area contributed by atoms with Gasteiger partial charge in [0.15, 0.2) is 11.5 Å². The molecule has 35 heavy (non-hydrogen) atoms. The van der Waals surface area contributed by atoms with E-state index < -0.39 is 5.60 Å². The smallest absolute Gasteiger partial charge is 0.257 e. The molecule has 1 aromatic carbocycles. The zero-order valence-corrected chi connectivity index (χ0v) is 20.4. The van der Waals surface area contributed by atoms with Crippen LogP contribution in [-0.4, -0.2) is 42.2 Å². The Morgan fingerprint density at radius 2 is 2.06 bits per heavy atom. The minimum absolute atomic E-state index is 0.119. The van der Waals surface area contributed by atoms with E-state index in [1.54, 1.807) is 18.6 Å². The topological polar surface area (TPSA) is 94.8 Å². The molecule has 8 nitrogen and oxygen atoms in total. The number of fused-ring (bicyclic) bond motifs is 5. The molecule has 5 rings (SSSR count). The first-order valence-electron chi connectivity index (χ1n) is 11.8. The highest BCUT2D eigenvalue weighted by molar-refractivity contribution is 5.93. The lowest BCUT2D eigenvalue weighted by atomic mass is 9.89. The summed E-state index contributed by atoms with van der Waals surface area (Å²) in [6, 6.07) is 5.66. The Bertz CT molecular complexity index is 1450. The van der Waals surface area contributed by atoms with Crippen molar-refractivity contribution in [3.63, 3.8) is 0 Å². The Labute approximate surface area is 203 Å². The Hall–Kier alpha value is -3.38. The Kier molecular flexibility index (Phi) is 6.01. The van der Waals surface area contributed by atoms with Crippen LogP contribution in [0.15, 0.2) is 23.0 Å². The summed E-state index contributed by atoms with van der Waals surface area (Å²) in [5.41, 5.74) is 3.49. The predicted molar refractivity (Wildman–Crippen MR) is 133 cm³/mol. The van der Waals surface area contributed by atoms with Crippen molar-refractivity contribution < 1.29 is 19.3 Å². The van der Waals surface area contributed by atoms with Crippen molar-refractivity contribution in [2.45, 2.75) is 45.4 Å². The molecule has 0 radical (unpaired) electrons. The predicted octanol–water partition coefficient (Wildman–Crippen LogP) is 2.88. The van der Waals surface area contributed by atoms with Gasteiger partial charge in [0.25, 0.3) is 5.56 Å². The van der Waals surface area contributed by atoms with Gasteiger partial charge in [0.2, 0.25) is 6.79 Å². The lowest BCUT2D eigenvalue weighted by Gasteiger charge is -2.25. The molecule has 3 aromatic rings. The lowest BCUT2D eigenvalue weighted by molar-refractivity contribution is 0.0495. The van der Waals surface area contributed by atoms with Crippen molar-refractivity contribution in [3.05, 3.63) is 50.8 Å². The number of ether oxygens (including phenoxy) is 3. The van der Waals surface area contributed by atoms with Gasteiger partial charge in [-0.3, -0.25) is 4.79 Å². The van der Waals surface area contributed by atoms with Gasteiger partial charge in [0, 0.05) is 48.2 Å². The number of aromatic nitrogens is 2. The van der Waals surface area contributed by atoms with Crippen molar-refractivity contribution in [1.29, 1.82) is 0 Å². The first-order chi connectivity index (χ1) is 16.9. The van der Waals surface area contributed by atoms with Crippen molar-refractivity contribution in [1.82, 2.24) is 14.9 Å². The molecule has 1 atom stereocenters. The molecule has 0 fully saturated rings. The van der Waals surface area contributed by atoms with Gasteiger partial charge in [-0.2, -0.15) is 0 Å². The summed E-state index contributed by atoms with van der Waals surface area (Å²) in [4.78, 5) is 18.6. The fourth-order valence-corrected chi connectivity index (χ4v) is 4.70. The molecule has 2 aliphatic heterocycles. The fraction of sp³-hybridized carbons (Fsp3) is 0.407. The number of rotatable bonds is 6. The first-order valence-corrected chi connectivity index (χ1v) is 11.8. The SMILES string of the molecule is CC[C@](C)(O)c1cc2n(c(=O)c1COC)Cc1c-2nc2cc3c(cc2c1C#CCCNC)OCO3. The second kappa shape index (κ2) is 9.00. The van der Waals surface area contributed by atoms with E-state index in [0.29, 0.717) is 53.4 Å². The van der Waals surface area contributed by atoms with Gasteiger partial charge in [-0.05, 0) is 38.1 Å². The van der Waals surface area contributed by atoms with E-state index in [0.717, 1.165) is 28.6 Å². The molecule has 4 heterocycles. The van der Waals surface area contributed by atoms with Crippen LogP contribution in [0.4, 0.5) is 0 Å². The van der Waals surface area contributed by atoms with E-state index in [1.807, 2.05) is 32.2 Å². The maximum absolute atomic E-state index is 13.6. The fourth-order valence-electron chi connectivity index (χ4n) is 4.70. The molecule has 0 saturated carbocycles. The maximum atomic E-state index is 13.6. The first kappa shape index (κ1) is 23.4. The Morgan fingerprint density at radius 3 is 2.77 bits per heavy atom. The highest BCUT2D eigenvalue weighted by Crippen LogP contribution is 2.42. The third-order valence-corrected chi connectivity index (χ3v) is 6.81. The molecule has 2 aromatic heterocycles. The van der Waals surface area contributed by atoms with E-state index in [9.17, 15) is 9.90 Å². The second-order valence-electron chi connectivity index (χ2n) is 9.07. The average Bonchev–Trinajstić information content (AvgIpc) is 3.45. The van der Waals surface area contributed by atoms with Crippen LogP contribution in [0.3, 0.4) is 0 Å². The number of nitrogens with zero attached hydrogens (tertiary/aromatic N) is 2. The molecule has 0 amide bonds. The summed E-state index contributed by atoms with van der Waals surface area (Å²) in [5.74, 6) is 7.90. The molecule has 0 unspecified atom stereocenters. The number of benzene rings is 1. The zero-order valence-electron chi connectivity index (χ0n) is 20.4. The van der Waals surface area contributed by atoms with E-state index in [1.165, 1.54) is 0 Å². The molecule has 0 saturated heterocycles. The van der Waals surface area contributed by atoms with E-state index in [4.69, 9.17) is 19.2 Å². The van der Waals surface area contributed by atoms with Crippen LogP contribution in [0.5, 0.6) is 11.5 Å². The molecular formula is C27H29N3O5. The quantitative estimate of drug-likeness (QED) is 0.327. The Morgan fingerprint density at radius 1 is 1.29 bits per heavy atom. The largest absolute Gasteiger partial charge is 0.454 e. The number of pyridine rings is 2. The second-order valence-corrected chi connectivity index (χ2v) is 9.07. The minimum atomic E-state index is -1.18. The summed E-state index contributed by atoms with van der Waals surface area (Å²) < 4.78 is 18.2. The van der Waals surface area contributed by atoms with Gasteiger partial charge in [0.1, 0.15) is 0 Å². The number of nitrogens with one attached hydrogen (secondary N) is 1. The number of hydrogen-bond acceptors (Lipinski definition) is 7. The molecule has 2 aliphatic rings. The zero-order chi connectivity index (χ0) is 24.7. The molecule has 0 bridgehead atoms. The van der Waals surface area contributed by atoms with E-state index in [2.05, 4.69) is 17.2 Å². The van der Waals surface area contributed by atoms with Crippen molar-refractivity contribution in [2.75, 3.05) is 27.5 Å². The summed E-state index contributed by atoms with van der Waals surface area (Å²) in [6.07, 6.45) is 1.14. The average molecular weight is 476 g/mol. The summed E-state index contributed by atoms with van der Waals surface area (Å²) in [5, 5.41) is 15.1. The maximum Gasteiger partial charge on any atom is 0.257 e. The molecule has 2 N–H and O–H groups in total.